The number of aryl methyl sites for hydroxylation is 1. The molecule has 2 fully saturated rings. The summed E-state index contributed by atoms with van der Waals surface area (Å²) in [7, 11) is 1.92. The zero-order valence-electron chi connectivity index (χ0n) is 13.1. The van der Waals surface area contributed by atoms with Crippen LogP contribution < -0.4 is 0 Å². The summed E-state index contributed by atoms with van der Waals surface area (Å²) in [6.07, 6.45) is 8.67. The zero-order chi connectivity index (χ0) is 14.9. The molecule has 5 heteroatoms. The molecular weight excluding hydrogens is 266 g/mol. The van der Waals surface area contributed by atoms with E-state index >= 15 is 0 Å². The Kier molecular flexibility index (Phi) is 4.00. The highest BCUT2D eigenvalue weighted by Crippen LogP contribution is 2.42. The van der Waals surface area contributed by atoms with Crippen molar-refractivity contribution in [2.75, 3.05) is 6.61 Å². The first-order valence-electron chi connectivity index (χ1n) is 8.26. The van der Waals surface area contributed by atoms with Crippen molar-refractivity contribution in [2.24, 2.45) is 7.05 Å². The molecule has 3 rings (SSSR count). The molecule has 0 N–H and O–H groups in total. The van der Waals surface area contributed by atoms with E-state index in [9.17, 15) is 4.79 Å². The Hall–Kier alpha value is -1.39. The quantitative estimate of drug-likeness (QED) is 0.800. The second-order valence-electron chi connectivity index (χ2n) is 6.41. The summed E-state index contributed by atoms with van der Waals surface area (Å²) in [5, 5.41) is 4.62. The predicted octanol–water partition coefficient (Wildman–Crippen LogP) is 2.85. The lowest BCUT2D eigenvalue weighted by molar-refractivity contribution is -0.150. The number of carbonyl (C=O) groups is 1. The standard InChI is InChI=1S/C16H25N3O2/c1-3-21-15(20)16(10-6-7-11-16)14-17-13(18-19(14)2)12-8-4-5-9-12/h12H,3-11H2,1-2H3. The van der Waals surface area contributed by atoms with E-state index in [4.69, 9.17) is 9.72 Å². The first kappa shape index (κ1) is 14.5. The summed E-state index contributed by atoms with van der Waals surface area (Å²) in [5.41, 5.74) is -0.561. The largest absolute Gasteiger partial charge is 0.465 e. The van der Waals surface area contributed by atoms with Crippen molar-refractivity contribution in [1.82, 2.24) is 14.8 Å². The molecule has 116 valence electrons. The van der Waals surface area contributed by atoms with Gasteiger partial charge >= 0.3 is 5.97 Å². The molecular formula is C16H25N3O2. The average molecular weight is 291 g/mol. The molecule has 2 saturated carbocycles. The molecule has 2 aliphatic rings. The fourth-order valence-corrected chi connectivity index (χ4v) is 3.94. The van der Waals surface area contributed by atoms with Gasteiger partial charge in [-0.3, -0.25) is 9.48 Å². The first-order chi connectivity index (χ1) is 10.2. The third kappa shape index (κ3) is 2.47. The van der Waals surface area contributed by atoms with E-state index in [0.717, 1.165) is 37.3 Å². The number of rotatable bonds is 4. The fourth-order valence-electron chi connectivity index (χ4n) is 3.94. The molecule has 0 atom stereocenters. The highest BCUT2D eigenvalue weighted by molar-refractivity contribution is 5.82. The number of hydrogen-bond donors (Lipinski definition) is 0. The minimum Gasteiger partial charge on any atom is -0.465 e. The van der Waals surface area contributed by atoms with E-state index in [1.165, 1.54) is 25.7 Å². The summed E-state index contributed by atoms with van der Waals surface area (Å²) in [6.45, 7) is 2.29. The molecule has 1 aromatic heterocycles. The summed E-state index contributed by atoms with van der Waals surface area (Å²) in [6, 6.07) is 0. The molecule has 0 bridgehead atoms. The van der Waals surface area contributed by atoms with Gasteiger partial charge in [0.25, 0.3) is 0 Å². The molecule has 0 aliphatic heterocycles. The van der Waals surface area contributed by atoms with Crippen LogP contribution in [0.1, 0.15) is 75.9 Å². The predicted molar refractivity (Wildman–Crippen MR) is 79.0 cm³/mol. The van der Waals surface area contributed by atoms with Crippen LogP contribution in [-0.2, 0) is 22.0 Å². The number of hydrogen-bond acceptors (Lipinski definition) is 4. The highest BCUT2D eigenvalue weighted by Gasteiger charge is 2.48. The Balaban J connectivity index is 1.94. The minimum atomic E-state index is -0.561. The van der Waals surface area contributed by atoms with Gasteiger partial charge in [-0.15, -0.1) is 0 Å². The van der Waals surface area contributed by atoms with Crippen molar-refractivity contribution >= 4 is 5.97 Å². The zero-order valence-corrected chi connectivity index (χ0v) is 13.1. The van der Waals surface area contributed by atoms with Crippen LogP contribution in [-0.4, -0.2) is 27.3 Å². The summed E-state index contributed by atoms with van der Waals surface area (Å²) in [4.78, 5) is 17.3. The number of aromatic nitrogens is 3. The fraction of sp³-hybridized carbons (Fsp3) is 0.812. The lowest BCUT2D eigenvalue weighted by Gasteiger charge is -2.25. The second-order valence-corrected chi connectivity index (χ2v) is 6.41. The smallest absolute Gasteiger partial charge is 0.319 e. The summed E-state index contributed by atoms with van der Waals surface area (Å²) < 4.78 is 7.18. The molecule has 0 aromatic carbocycles. The van der Waals surface area contributed by atoms with Crippen molar-refractivity contribution in [1.29, 1.82) is 0 Å². The van der Waals surface area contributed by atoms with Gasteiger partial charge in [0.2, 0.25) is 0 Å². The van der Waals surface area contributed by atoms with Crippen LogP contribution >= 0.6 is 0 Å². The van der Waals surface area contributed by atoms with Crippen LogP contribution in [0.2, 0.25) is 0 Å². The average Bonchev–Trinajstić information content (AvgIpc) is 3.19. The van der Waals surface area contributed by atoms with E-state index in [1.54, 1.807) is 0 Å². The van der Waals surface area contributed by atoms with Gasteiger partial charge in [-0.05, 0) is 32.6 Å². The van der Waals surface area contributed by atoms with Crippen molar-refractivity contribution in [3.63, 3.8) is 0 Å². The molecule has 0 saturated heterocycles. The van der Waals surface area contributed by atoms with Gasteiger partial charge in [-0.25, -0.2) is 4.98 Å². The maximum atomic E-state index is 12.5. The van der Waals surface area contributed by atoms with Gasteiger partial charge in [-0.1, -0.05) is 25.7 Å². The SMILES string of the molecule is CCOC(=O)C1(c2nc(C3CCCC3)nn2C)CCCC1. The Morgan fingerprint density at radius 1 is 1.29 bits per heavy atom. The van der Waals surface area contributed by atoms with Gasteiger partial charge in [0.1, 0.15) is 11.2 Å². The van der Waals surface area contributed by atoms with Crippen LogP contribution in [0.25, 0.3) is 0 Å². The van der Waals surface area contributed by atoms with E-state index in [2.05, 4.69) is 5.10 Å². The van der Waals surface area contributed by atoms with Crippen LogP contribution in [0, 0.1) is 0 Å². The van der Waals surface area contributed by atoms with Gasteiger partial charge in [0.15, 0.2) is 5.82 Å². The maximum absolute atomic E-state index is 12.5. The lowest BCUT2D eigenvalue weighted by Crippen LogP contribution is -2.37. The summed E-state index contributed by atoms with van der Waals surface area (Å²) in [5.74, 6) is 2.11. The molecule has 2 aliphatic carbocycles. The van der Waals surface area contributed by atoms with Crippen molar-refractivity contribution < 1.29 is 9.53 Å². The Morgan fingerprint density at radius 2 is 1.95 bits per heavy atom. The van der Waals surface area contributed by atoms with Crippen LogP contribution in [0.4, 0.5) is 0 Å². The molecule has 1 heterocycles. The third-order valence-corrected chi connectivity index (χ3v) is 5.05. The highest BCUT2D eigenvalue weighted by atomic mass is 16.5. The Bertz CT molecular complexity index is 512. The second kappa shape index (κ2) is 5.78. The number of nitrogens with zero attached hydrogens (tertiary/aromatic N) is 3. The maximum Gasteiger partial charge on any atom is 0.319 e. The molecule has 5 nitrogen and oxygen atoms in total. The number of carbonyl (C=O) groups excluding carboxylic acids is 1. The van der Waals surface area contributed by atoms with Crippen LogP contribution in [0.3, 0.4) is 0 Å². The lowest BCUT2D eigenvalue weighted by atomic mass is 9.85. The van der Waals surface area contributed by atoms with E-state index in [0.29, 0.717) is 12.5 Å². The van der Waals surface area contributed by atoms with Crippen molar-refractivity contribution in [2.45, 2.75) is 69.6 Å². The monoisotopic (exact) mass is 291 g/mol. The van der Waals surface area contributed by atoms with Gasteiger partial charge in [0, 0.05) is 13.0 Å². The molecule has 1 aromatic rings. The van der Waals surface area contributed by atoms with Crippen LogP contribution in [0.15, 0.2) is 0 Å². The van der Waals surface area contributed by atoms with E-state index in [-0.39, 0.29) is 5.97 Å². The number of esters is 1. The molecule has 0 spiro atoms. The van der Waals surface area contributed by atoms with Crippen molar-refractivity contribution in [3.8, 4) is 0 Å². The molecule has 0 unspecified atom stereocenters. The van der Waals surface area contributed by atoms with Crippen LogP contribution in [0.5, 0.6) is 0 Å². The topological polar surface area (TPSA) is 57.0 Å². The normalized spacial score (nSPS) is 21.8. The van der Waals surface area contributed by atoms with Gasteiger partial charge < -0.3 is 4.74 Å². The minimum absolute atomic E-state index is 0.115. The molecule has 0 amide bonds. The Labute approximate surface area is 126 Å². The van der Waals surface area contributed by atoms with E-state index in [1.807, 2.05) is 18.7 Å². The van der Waals surface area contributed by atoms with E-state index < -0.39 is 5.41 Å². The molecule has 21 heavy (non-hydrogen) atoms. The third-order valence-electron chi connectivity index (χ3n) is 5.05. The van der Waals surface area contributed by atoms with Crippen molar-refractivity contribution in [3.05, 3.63) is 11.6 Å². The number of ether oxygens (including phenoxy) is 1. The molecule has 0 radical (unpaired) electrons. The summed E-state index contributed by atoms with van der Waals surface area (Å²) >= 11 is 0. The van der Waals surface area contributed by atoms with Gasteiger partial charge in [0.05, 0.1) is 6.61 Å². The first-order valence-corrected chi connectivity index (χ1v) is 8.26. The van der Waals surface area contributed by atoms with Gasteiger partial charge in [-0.2, -0.15) is 5.10 Å². The Morgan fingerprint density at radius 3 is 2.57 bits per heavy atom.